The van der Waals surface area contributed by atoms with Crippen LogP contribution in [-0.4, -0.2) is 48.0 Å². The summed E-state index contributed by atoms with van der Waals surface area (Å²) in [5, 5.41) is 11.7. The highest BCUT2D eigenvalue weighted by Gasteiger charge is 2.48. The maximum atomic E-state index is 13.9. The number of imidazole rings is 1. The molecule has 1 fully saturated rings. The lowest BCUT2D eigenvalue weighted by atomic mass is 9.85. The number of methoxy groups -OCH3 is 1. The Morgan fingerprint density at radius 2 is 1.75 bits per heavy atom. The number of aromatic amines is 1. The molecule has 1 aliphatic rings. The Kier molecular flexibility index (Phi) is 6.61. The van der Waals surface area contributed by atoms with E-state index in [1.807, 2.05) is 58.0 Å². The molecule has 1 unspecified atom stereocenters. The number of nitrogens with one attached hydrogen (secondary N) is 1. The van der Waals surface area contributed by atoms with Crippen LogP contribution in [0.3, 0.4) is 0 Å². The van der Waals surface area contributed by atoms with Gasteiger partial charge in [0.05, 0.1) is 35.3 Å². The van der Waals surface area contributed by atoms with Gasteiger partial charge in [-0.2, -0.15) is 0 Å². The zero-order valence-electron chi connectivity index (χ0n) is 23.2. The van der Waals surface area contributed by atoms with Gasteiger partial charge >= 0.3 is 5.91 Å². The molecular formula is C31H31FN4O4. The maximum absolute atomic E-state index is 13.9. The molecule has 0 spiro atoms. The molecule has 5 rings (SSSR count). The van der Waals surface area contributed by atoms with Crippen LogP contribution in [0.15, 0.2) is 66.2 Å². The van der Waals surface area contributed by atoms with Crippen molar-refractivity contribution in [1.29, 1.82) is 0 Å². The van der Waals surface area contributed by atoms with Crippen LogP contribution in [0, 0.1) is 5.82 Å². The Morgan fingerprint density at radius 1 is 1.05 bits per heavy atom. The van der Waals surface area contributed by atoms with Crippen LogP contribution in [0.1, 0.15) is 43.5 Å². The fourth-order valence-corrected chi connectivity index (χ4v) is 4.91. The van der Waals surface area contributed by atoms with Crippen molar-refractivity contribution in [2.24, 2.45) is 0 Å². The number of rotatable bonds is 5. The molecule has 0 radical (unpaired) electrons. The number of hydrogen-bond donors (Lipinski definition) is 2. The highest BCUT2D eigenvalue weighted by atomic mass is 19.1. The number of aliphatic hydroxyl groups excluding tert-OH is 1. The first-order valence-electron chi connectivity index (χ1n) is 12.8. The number of aromatic nitrogens is 2. The molecule has 4 aromatic rings. The summed E-state index contributed by atoms with van der Waals surface area (Å²) in [6.07, 6.45) is 0. The van der Waals surface area contributed by atoms with Gasteiger partial charge in [0.25, 0.3) is 5.78 Å². The fourth-order valence-electron chi connectivity index (χ4n) is 4.91. The molecule has 40 heavy (non-hydrogen) atoms. The topological polar surface area (TPSA) is 98.8 Å². The van der Waals surface area contributed by atoms with Gasteiger partial charge in [-0.05, 0) is 59.0 Å². The van der Waals surface area contributed by atoms with Crippen molar-refractivity contribution in [3.63, 3.8) is 0 Å². The molecule has 8 nitrogen and oxygen atoms in total. The minimum Gasteiger partial charge on any atom is -0.507 e. The summed E-state index contributed by atoms with van der Waals surface area (Å²) in [4.78, 5) is 37.8. The first kappa shape index (κ1) is 26.9. The Hall–Kier alpha value is -4.66. The number of fused-ring (bicyclic) bond motifs is 1. The third-order valence-electron chi connectivity index (χ3n) is 7.15. The predicted molar refractivity (Wildman–Crippen MR) is 153 cm³/mol. The molecule has 9 heteroatoms. The largest absolute Gasteiger partial charge is 0.507 e. The number of ketones is 1. The van der Waals surface area contributed by atoms with Gasteiger partial charge in [-0.15, -0.1) is 0 Å². The first-order chi connectivity index (χ1) is 18.9. The zero-order chi connectivity index (χ0) is 28.9. The molecule has 2 heterocycles. The van der Waals surface area contributed by atoms with Crippen LogP contribution in [0.25, 0.3) is 16.8 Å². The molecule has 0 bridgehead atoms. The van der Waals surface area contributed by atoms with E-state index in [2.05, 4.69) is 9.97 Å². The number of ether oxygens (including phenoxy) is 1. The van der Waals surface area contributed by atoms with Gasteiger partial charge < -0.3 is 19.7 Å². The zero-order valence-corrected chi connectivity index (χ0v) is 23.2. The number of carbonyl (C=O) groups excluding carboxylic acids is 2. The standard InChI is InChI=1S/C31H31FN4O4/c1-31(2,3)18-9-14-24(40-6)21(15-18)27(37)25-26(17-7-11-20(12-8-17)35(4)5)36(29(39)28(25)38)30-33-22-13-10-19(32)16-23(22)34-30/h7-16,26,37H,1-6H3,(H,33,34)/b27-25+. The normalized spacial score (nSPS) is 17.1. The van der Waals surface area contributed by atoms with Crippen molar-refractivity contribution < 1.29 is 23.8 Å². The van der Waals surface area contributed by atoms with Crippen LogP contribution < -0.4 is 14.5 Å². The van der Waals surface area contributed by atoms with E-state index in [1.165, 1.54) is 30.2 Å². The number of anilines is 2. The summed E-state index contributed by atoms with van der Waals surface area (Å²) in [7, 11) is 5.29. The summed E-state index contributed by atoms with van der Waals surface area (Å²) >= 11 is 0. The Labute approximate surface area is 231 Å². The summed E-state index contributed by atoms with van der Waals surface area (Å²) in [5.74, 6) is -2.13. The monoisotopic (exact) mass is 542 g/mol. The second kappa shape index (κ2) is 9.82. The Bertz CT molecular complexity index is 1670. The van der Waals surface area contributed by atoms with Crippen molar-refractivity contribution in [3.05, 3.63) is 88.7 Å². The van der Waals surface area contributed by atoms with E-state index in [0.717, 1.165) is 11.3 Å². The predicted octanol–water partition coefficient (Wildman–Crippen LogP) is 5.70. The number of benzene rings is 3. The summed E-state index contributed by atoms with van der Waals surface area (Å²) in [6.45, 7) is 6.11. The number of hydrogen-bond acceptors (Lipinski definition) is 6. The maximum Gasteiger partial charge on any atom is 0.302 e. The van der Waals surface area contributed by atoms with E-state index in [9.17, 15) is 19.1 Å². The van der Waals surface area contributed by atoms with Crippen molar-refractivity contribution >= 4 is 40.1 Å². The van der Waals surface area contributed by atoms with Crippen molar-refractivity contribution in [1.82, 2.24) is 9.97 Å². The van der Waals surface area contributed by atoms with Gasteiger partial charge in [-0.25, -0.2) is 9.37 Å². The second-order valence-corrected chi connectivity index (χ2v) is 11.0. The Balaban J connectivity index is 1.76. The van der Waals surface area contributed by atoms with Crippen molar-refractivity contribution in [3.8, 4) is 5.75 Å². The number of amides is 1. The lowest BCUT2D eigenvalue weighted by Gasteiger charge is -2.24. The molecule has 1 atom stereocenters. The lowest BCUT2D eigenvalue weighted by molar-refractivity contribution is -0.132. The van der Waals surface area contributed by atoms with Crippen LogP contribution in [-0.2, 0) is 15.0 Å². The van der Waals surface area contributed by atoms with Crippen LogP contribution in [0.2, 0.25) is 0 Å². The lowest BCUT2D eigenvalue weighted by Crippen LogP contribution is -2.30. The van der Waals surface area contributed by atoms with Crippen molar-refractivity contribution in [2.75, 3.05) is 31.0 Å². The fraction of sp³-hybridized carbons (Fsp3) is 0.258. The van der Waals surface area contributed by atoms with Crippen LogP contribution >= 0.6 is 0 Å². The molecule has 0 saturated carbocycles. The number of nitrogens with zero attached hydrogens (tertiary/aromatic N) is 3. The highest BCUT2D eigenvalue weighted by molar-refractivity contribution is 6.51. The number of H-pyrrole nitrogens is 1. The van der Waals surface area contributed by atoms with Crippen LogP contribution in [0.5, 0.6) is 5.75 Å². The van der Waals surface area contributed by atoms with E-state index in [4.69, 9.17) is 4.74 Å². The van der Waals surface area contributed by atoms with Gasteiger partial charge in [0.2, 0.25) is 5.95 Å². The average Bonchev–Trinajstić information content (AvgIpc) is 3.44. The average molecular weight is 543 g/mol. The third kappa shape index (κ3) is 4.57. The molecule has 1 amide bonds. The number of halogens is 1. The quantitative estimate of drug-likeness (QED) is 0.191. The molecule has 206 valence electrons. The first-order valence-corrected chi connectivity index (χ1v) is 12.8. The van der Waals surface area contributed by atoms with Gasteiger partial charge in [0.15, 0.2) is 0 Å². The molecule has 1 aromatic heterocycles. The van der Waals surface area contributed by atoms with Gasteiger partial charge in [-0.3, -0.25) is 14.5 Å². The number of Topliss-reactive ketones (excluding diaryl/α,β-unsaturated/α-hetero) is 1. The van der Waals surface area contributed by atoms with E-state index >= 15 is 0 Å². The molecule has 0 aliphatic carbocycles. The smallest absolute Gasteiger partial charge is 0.302 e. The van der Waals surface area contributed by atoms with E-state index in [1.54, 1.807) is 24.3 Å². The van der Waals surface area contributed by atoms with Gasteiger partial charge in [0.1, 0.15) is 17.3 Å². The van der Waals surface area contributed by atoms with E-state index < -0.39 is 23.5 Å². The minimum absolute atomic E-state index is 0.0684. The van der Waals surface area contributed by atoms with Gasteiger partial charge in [-0.1, -0.05) is 39.0 Å². The van der Waals surface area contributed by atoms with Crippen LogP contribution in [0.4, 0.5) is 16.0 Å². The summed E-state index contributed by atoms with van der Waals surface area (Å²) in [5.41, 5.74) is 3.17. The highest BCUT2D eigenvalue weighted by Crippen LogP contribution is 2.43. The van der Waals surface area contributed by atoms with E-state index in [0.29, 0.717) is 27.9 Å². The number of carbonyl (C=O) groups is 2. The molecule has 2 N–H and O–H groups in total. The second-order valence-electron chi connectivity index (χ2n) is 11.0. The van der Waals surface area contributed by atoms with Gasteiger partial charge in [0, 0.05) is 19.8 Å². The molecule has 3 aromatic carbocycles. The Morgan fingerprint density at radius 3 is 2.38 bits per heavy atom. The molecule has 1 saturated heterocycles. The molecular weight excluding hydrogens is 511 g/mol. The SMILES string of the molecule is COc1ccc(C(C)(C)C)cc1/C(O)=C1\C(=O)C(=O)N(c2nc3ccc(F)cc3[nH]2)C1c1ccc(N(C)C)cc1. The molecule has 1 aliphatic heterocycles. The minimum atomic E-state index is -1.01. The third-order valence-corrected chi connectivity index (χ3v) is 7.15. The summed E-state index contributed by atoms with van der Waals surface area (Å²) in [6, 6.07) is 15.8. The number of aliphatic hydroxyl groups is 1. The van der Waals surface area contributed by atoms with E-state index in [-0.39, 0.29) is 22.7 Å². The summed E-state index contributed by atoms with van der Waals surface area (Å²) < 4.78 is 19.4. The van der Waals surface area contributed by atoms with Crippen molar-refractivity contribution in [2.45, 2.75) is 32.2 Å².